The van der Waals surface area contributed by atoms with Gasteiger partial charge in [0.15, 0.2) is 11.0 Å². The molecule has 1 saturated carbocycles. The highest BCUT2D eigenvalue weighted by Crippen LogP contribution is 2.41. The molecule has 0 radical (unpaired) electrons. The van der Waals surface area contributed by atoms with E-state index < -0.39 is 0 Å². The Bertz CT molecular complexity index is 1020. The molecule has 8 heteroatoms. The Labute approximate surface area is 166 Å². The van der Waals surface area contributed by atoms with Crippen LogP contribution < -0.4 is 5.32 Å². The number of amides is 1. The molecule has 28 heavy (non-hydrogen) atoms. The Morgan fingerprint density at radius 2 is 1.93 bits per heavy atom. The van der Waals surface area contributed by atoms with E-state index in [4.69, 9.17) is 5.26 Å². The zero-order valence-corrected chi connectivity index (χ0v) is 16.1. The highest BCUT2D eigenvalue weighted by Gasteiger charge is 2.31. The lowest BCUT2D eigenvalue weighted by molar-refractivity contribution is -0.115. The van der Waals surface area contributed by atoms with Gasteiger partial charge in [-0.3, -0.25) is 14.3 Å². The van der Waals surface area contributed by atoms with Crippen molar-refractivity contribution in [2.75, 3.05) is 5.32 Å². The monoisotopic (exact) mass is 390 g/mol. The highest BCUT2D eigenvalue weighted by molar-refractivity contribution is 8.00. The van der Waals surface area contributed by atoms with Crippen LogP contribution in [0.3, 0.4) is 0 Å². The second-order valence-electron chi connectivity index (χ2n) is 6.58. The van der Waals surface area contributed by atoms with Gasteiger partial charge >= 0.3 is 0 Å². The fourth-order valence-corrected chi connectivity index (χ4v) is 3.72. The van der Waals surface area contributed by atoms with Crippen molar-refractivity contribution in [3.05, 3.63) is 54.4 Å². The van der Waals surface area contributed by atoms with Crippen molar-refractivity contribution in [2.24, 2.45) is 0 Å². The number of pyridine rings is 1. The molecule has 140 valence electrons. The molecule has 0 saturated heterocycles. The maximum absolute atomic E-state index is 12.6. The van der Waals surface area contributed by atoms with Crippen molar-refractivity contribution in [3.63, 3.8) is 0 Å². The van der Waals surface area contributed by atoms with Crippen LogP contribution in [0.25, 0.3) is 11.4 Å². The number of nitriles is 1. The van der Waals surface area contributed by atoms with E-state index in [1.54, 1.807) is 36.7 Å². The molecule has 1 N–H and O–H groups in total. The number of aromatic nitrogens is 4. The first kappa shape index (κ1) is 18.2. The van der Waals surface area contributed by atoms with Gasteiger partial charge in [0.1, 0.15) is 0 Å². The van der Waals surface area contributed by atoms with Gasteiger partial charge in [-0.2, -0.15) is 5.26 Å². The molecule has 0 bridgehead atoms. The zero-order valence-electron chi connectivity index (χ0n) is 15.2. The van der Waals surface area contributed by atoms with Crippen LogP contribution in [-0.4, -0.2) is 30.9 Å². The number of benzene rings is 1. The number of thioether (sulfide) groups is 1. The van der Waals surface area contributed by atoms with E-state index in [1.807, 2.05) is 19.1 Å². The van der Waals surface area contributed by atoms with Crippen molar-refractivity contribution in [3.8, 4) is 17.5 Å². The third-order valence-corrected chi connectivity index (χ3v) is 5.50. The van der Waals surface area contributed by atoms with Gasteiger partial charge in [-0.15, -0.1) is 10.2 Å². The molecule has 1 amide bonds. The Balaban J connectivity index is 1.49. The topological polar surface area (TPSA) is 96.5 Å². The number of hydrogen-bond acceptors (Lipinski definition) is 6. The normalized spacial score (nSPS) is 14.3. The van der Waals surface area contributed by atoms with Gasteiger partial charge in [-0.25, -0.2) is 0 Å². The summed E-state index contributed by atoms with van der Waals surface area (Å²) in [7, 11) is 0. The minimum absolute atomic E-state index is 0.120. The van der Waals surface area contributed by atoms with Crippen molar-refractivity contribution < 1.29 is 4.79 Å². The molecule has 1 atom stereocenters. The smallest absolute Gasteiger partial charge is 0.237 e. The number of carbonyl (C=O) groups is 1. The predicted molar refractivity (Wildman–Crippen MR) is 107 cm³/mol. The molecule has 0 aliphatic heterocycles. The van der Waals surface area contributed by atoms with Crippen LogP contribution in [0.5, 0.6) is 0 Å². The van der Waals surface area contributed by atoms with E-state index in [0.717, 1.165) is 29.4 Å². The molecule has 3 aromatic rings. The van der Waals surface area contributed by atoms with Crippen LogP contribution in [0, 0.1) is 11.3 Å². The summed E-state index contributed by atoms with van der Waals surface area (Å²) in [6, 6.07) is 13.1. The molecule has 0 spiro atoms. The molecule has 1 aromatic carbocycles. The third-order valence-electron chi connectivity index (χ3n) is 4.45. The molecule has 1 aliphatic carbocycles. The number of rotatable bonds is 6. The Hall–Kier alpha value is -3.18. The average Bonchev–Trinajstić information content (AvgIpc) is 3.49. The number of anilines is 1. The van der Waals surface area contributed by atoms with Crippen LogP contribution in [0.1, 0.15) is 31.4 Å². The molecule has 0 unspecified atom stereocenters. The van der Waals surface area contributed by atoms with Crippen LogP contribution in [0.4, 0.5) is 5.69 Å². The number of carbonyl (C=O) groups excluding carboxylic acids is 1. The summed E-state index contributed by atoms with van der Waals surface area (Å²) in [6.45, 7) is 1.85. The van der Waals surface area contributed by atoms with E-state index in [2.05, 4.69) is 31.1 Å². The number of nitrogens with zero attached hydrogens (tertiary/aromatic N) is 5. The van der Waals surface area contributed by atoms with Gasteiger partial charge in [-0.1, -0.05) is 11.8 Å². The van der Waals surface area contributed by atoms with E-state index in [-0.39, 0.29) is 11.2 Å². The molecule has 1 fully saturated rings. The second-order valence-corrected chi connectivity index (χ2v) is 7.89. The van der Waals surface area contributed by atoms with Crippen LogP contribution in [-0.2, 0) is 4.79 Å². The fraction of sp³-hybridized carbons (Fsp3) is 0.250. The maximum atomic E-state index is 12.6. The summed E-state index contributed by atoms with van der Waals surface area (Å²) >= 11 is 1.40. The summed E-state index contributed by atoms with van der Waals surface area (Å²) in [4.78, 5) is 16.6. The summed E-state index contributed by atoms with van der Waals surface area (Å²) in [6.07, 6.45) is 5.66. The van der Waals surface area contributed by atoms with Crippen LogP contribution in [0.2, 0.25) is 0 Å². The molecular formula is C20H18N6OS. The average molecular weight is 390 g/mol. The van der Waals surface area contributed by atoms with Gasteiger partial charge in [0.2, 0.25) is 5.91 Å². The Morgan fingerprint density at radius 1 is 1.21 bits per heavy atom. The second kappa shape index (κ2) is 7.82. The van der Waals surface area contributed by atoms with Crippen molar-refractivity contribution in [1.29, 1.82) is 5.26 Å². The zero-order chi connectivity index (χ0) is 19.5. The van der Waals surface area contributed by atoms with Gasteiger partial charge in [0, 0.05) is 29.7 Å². The molecule has 2 heterocycles. The van der Waals surface area contributed by atoms with Crippen LogP contribution >= 0.6 is 11.8 Å². The van der Waals surface area contributed by atoms with Gasteiger partial charge in [0.25, 0.3) is 0 Å². The first-order valence-corrected chi connectivity index (χ1v) is 9.86. The predicted octanol–water partition coefficient (Wildman–Crippen LogP) is 3.67. The van der Waals surface area contributed by atoms with E-state index in [9.17, 15) is 4.79 Å². The van der Waals surface area contributed by atoms with Gasteiger partial charge < -0.3 is 5.32 Å². The molecule has 4 rings (SSSR count). The highest BCUT2D eigenvalue weighted by atomic mass is 32.2. The van der Waals surface area contributed by atoms with E-state index in [0.29, 0.717) is 17.3 Å². The van der Waals surface area contributed by atoms with Crippen LogP contribution in [0.15, 0.2) is 53.9 Å². The number of nitrogens with one attached hydrogen (secondary N) is 1. The van der Waals surface area contributed by atoms with Gasteiger partial charge in [-0.05, 0) is 56.2 Å². The molecule has 7 nitrogen and oxygen atoms in total. The van der Waals surface area contributed by atoms with E-state index in [1.165, 1.54) is 11.8 Å². The van der Waals surface area contributed by atoms with Gasteiger partial charge in [0.05, 0.1) is 16.9 Å². The molecule has 2 aromatic heterocycles. The van der Waals surface area contributed by atoms with Crippen molar-refractivity contribution in [1.82, 2.24) is 19.7 Å². The summed E-state index contributed by atoms with van der Waals surface area (Å²) in [5.41, 5.74) is 2.19. The lowest BCUT2D eigenvalue weighted by Gasteiger charge is -2.13. The van der Waals surface area contributed by atoms with Crippen molar-refractivity contribution >= 4 is 23.4 Å². The quantitative estimate of drug-likeness (QED) is 0.645. The minimum Gasteiger partial charge on any atom is -0.325 e. The summed E-state index contributed by atoms with van der Waals surface area (Å²) in [5.74, 6) is 0.692. The SMILES string of the molecule is C[C@H](Sc1nnc(-c2ccncc2)n1C1CC1)C(=O)Nc1ccc(C#N)cc1. The summed E-state index contributed by atoms with van der Waals surface area (Å²) in [5, 5.41) is 20.9. The third kappa shape index (κ3) is 3.89. The number of hydrogen-bond donors (Lipinski definition) is 1. The first-order valence-electron chi connectivity index (χ1n) is 8.98. The lowest BCUT2D eigenvalue weighted by Crippen LogP contribution is -2.22. The lowest BCUT2D eigenvalue weighted by atomic mass is 10.2. The maximum Gasteiger partial charge on any atom is 0.237 e. The fourth-order valence-electron chi connectivity index (χ4n) is 2.80. The molecule has 1 aliphatic rings. The minimum atomic E-state index is -0.345. The summed E-state index contributed by atoms with van der Waals surface area (Å²) < 4.78 is 2.13. The first-order chi connectivity index (χ1) is 13.7. The Morgan fingerprint density at radius 3 is 2.57 bits per heavy atom. The Kier molecular flexibility index (Phi) is 5.08. The van der Waals surface area contributed by atoms with E-state index >= 15 is 0 Å². The standard InChI is InChI=1S/C20H18N6OS/c1-13(19(27)23-16-4-2-14(12-21)3-5-16)28-20-25-24-18(26(20)17-6-7-17)15-8-10-22-11-9-15/h2-5,8-11,13,17H,6-7H2,1H3,(H,23,27)/t13-/m0/s1. The molecular weight excluding hydrogens is 372 g/mol. The largest absolute Gasteiger partial charge is 0.325 e. The van der Waals surface area contributed by atoms with Crippen molar-refractivity contribution in [2.45, 2.75) is 36.2 Å².